The molecule has 0 radical (unpaired) electrons. The summed E-state index contributed by atoms with van der Waals surface area (Å²) in [5, 5.41) is 6.61. The Labute approximate surface area is 146 Å². The van der Waals surface area contributed by atoms with Crippen LogP contribution in [0.15, 0.2) is 28.8 Å². The number of nitrogens with one attached hydrogen (secondary N) is 1. The fourth-order valence-corrected chi connectivity index (χ4v) is 2.51. The van der Waals surface area contributed by atoms with E-state index >= 15 is 0 Å². The number of aromatic nitrogens is 1. The number of carbonyl (C=O) groups excluding carboxylic acids is 1. The van der Waals surface area contributed by atoms with Gasteiger partial charge in [0.2, 0.25) is 5.91 Å². The number of benzene rings is 1. The molecule has 1 amide bonds. The van der Waals surface area contributed by atoms with Gasteiger partial charge in [-0.3, -0.25) is 4.79 Å². The highest BCUT2D eigenvalue weighted by molar-refractivity contribution is 5.78. The summed E-state index contributed by atoms with van der Waals surface area (Å²) in [6.07, 6.45) is 0.926. The summed E-state index contributed by atoms with van der Waals surface area (Å²) in [5.41, 5.74) is 0.514. The normalized spacial score (nSPS) is 11.1. The molecule has 7 heteroatoms. The minimum absolute atomic E-state index is 0.0532. The second-order valence-corrected chi connectivity index (χ2v) is 5.71. The van der Waals surface area contributed by atoms with Gasteiger partial charge in [0.05, 0.1) is 17.7 Å². The maximum atomic E-state index is 13.7. The number of hydrogen-bond acceptors (Lipinski definition) is 4. The summed E-state index contributed by atoms with van der Waals surface area (Å²) in [6.45, 7) is 7.72. The molecule has 0 atom stereocenters. The Balaban J connectivity index is 1.83. The van der Waals surface area contributed by atoms with Gasteiger partial charge in [-0.1, -0.05) is 19.0 Å². The molecule has 25 heavy (non-hydrogen) atoms. The highest BCUT2D eigenvalue weighted by atomic mass is 19.1. The minimum Gasteiger partial charge on any atom is -0.356 e. The molecule has 1 aromatic heterocycles. The average Bonchev–Trinajstić information content (AvgIpc) is 3.03. The summed E-state index contributed by atoms with van der Waals surface area (Å²) >= 11 is 0. The van der Waals surface area contributed by atoms with Crippen LogP contribution in [0.25, 0.3) is 11.3 Å². The molecule has 0 saturated carbocycles. The Hall–Kier alpha value is -2.28. The summed E-state index contributed by atoms with van der Waals surface area (Å²) in [6, 6.07) is 4.69. The molecule has 0 saturated heterocycles. The second kappa shape index (κ2) is 9.27. The van der Waals surface area contributed by atoms with Crippen molar-refractivity contribution in [3.63, 3.8) is 0 Å². The van der Waals surface area contributed by atoms with E-state index in [0.717, 1.165) is 38.2 Å². The molecule has 5 nitrogen and oxygen atoms in total. The quantitative estimate of drug-likeness (QED) is 0.706. The van der Waals surface area contributed by atoms with Crippen molar-refractivity contribution in [1.29, 1.82) is 0 Å². The van der Waals surface area contributed by atoms with Crippen molar-refractivity contribution in [2.75, 3.05) is 26.2 Å². The van der Waals surface area contributed by atoms with Crippen molar-refractivity contribution in [2.45, 2.75) is 26.7 Å². The van der Waals surface area contributed by atoms with E-state index in [2.05, 4.69) is 29.2 Å². The van der Waals surface area contributed by atoms with Crippen molar-refractivity contribution in [3.8, 4) is 11.3 Å². The topological polar surface area (TPSA) is 58.4 Å². The van der Waals surface area contributed by atoms with Crippen LogP contribution in [0, 0.1) is 11.6 Å². The van der Waals surface area contributed by atoms with Crippen molar-refractivity contribution in [3.05, 3.63) is 41.6 Å². The first-order valence-electron chi connectivity index (χ1n) is 8.43. The maximum Gasteiger partial charge on any atom is 0.226 e. The third kappa shape index (κ3) is 5.63. The summed E-state index contributed by atoms with van der Waals surface area (Å²) in [4.78, 5) is 14.2. The standard InChI is InChI=1S/C18H23F2N3O2/c1-3-23(4-2)9-5-8-21-18(24)12-14-11-17(25-22-14)15-7-6-13(19)10-16(15)20/h6-7,10-11H,3-5,8-9,12H2,1-2H3,(H,21,24). The van der Waals surface area contributed by atoms with Crippen molar-refractivity contribution < 1.29 is 18.1 Å². The SMILES string of the molecule is CCN(CC)CCCNC(=O)Cc1cc(-c2ccc(F)cc2F)on1. The zero-order valence-electron chi connectivity index (χ0n) is 14.5. The Morgan fingerprint density at radius 1 is 1.24 bits per heavy atom. The maximum absolute atomic E-state index is 13.7. The van der Waals surface area contributed by atoms with Gasteiger partial charge in [-0.2, -0.15) is 0 Å². The lowest BCUT2D eigenvalue weighted by atomic mass is 10.1. The van der Waals surface area contributed by atoms with Gasteiger partial charge in [-0.15, -0.1) is 0 Å². The van der Waals surface area contributed by atoms with Crippen LogP contribution in [0.5, 0.6) is 0 Å². The lowest BCUT2D eigenvalue weighted by Gasteiger charge is -2.17. The van der Waals surface area contributed by atoms with E-state index in [-0.39, 0.29) is 23.7 Å². The fourth-order valence-electron chi connectivity index (χ4n) is 2.51. The third-order valence-corrected chi connectivity index (χ3v) is 3.96. The van der Waals surface area contributed by atoms with Crippen LogP contribution in [-0.4, -0.2) is 42.1 Å². The molecule has 136 valence electrons. The number of nitrogens with zero attached hydrogens (tertiary/aromatic N) is 2. The predicted molar refractivity (Wildman–Crippen MR) is 91.0 cm³/mol. The summed E-state index contributed by atoms with van der Waals surface area (Å²) in [5.74, 6) is -1.39. The monoisotopic (exact) mass is 351 g/mol. The molecule has 0 aliphatic rings. The molecular formula is C18H23F2N3O2. The Morgan fingerprint density at radius 3 is 2.68 bits per heavy atom. The molecule has 0 spiro atoms. The summed E-state index contributed by atoms with van der Waals surface area (Å²) < 4.78 is 31.7. The smallest absolute Gasteiger partial charge is 0.226 e. The molecule has 0 unspecified atom stereocenters. The highest BCUT2D eigenvalue weighted by Gasteiger charge is 2.14. The van der Waals surface area contributed by atoms with Crippen LogP contribution in [0.2, 0.25) is 0 Å². The summed E-state index contributed by atoms with van der Waals surface area (Å²) in [7, 11) is 0. The Bertz CT molecular complexity index is 699. The first kappa shape index (κ1) is 19.1. The van der Waals surface area contributed by atoms with Gasteiger partial charge >= 0.3 is 0 Å². The van der Waals surface area contributed by atoms with E-state index in [4.69, 9.17) is 4.52 Å². The molecule has 1 heterocycles. The molecule has 1 aromatic carbocycles. The number of carbonyl (C=O) groups is 1. The Morgan fingerprint density at radius 2 is 2.00 bits per heavy atom. The van der Waals surface area contributed by atoms with E-state index in [9.17, 15) is 13.6 Å². The molecule has 0 aliphatic carbocycles. The van der Waals surface area contributed by atoms with Crippen molar-refractivity contribution >= 4 is 5.91 Å². The minimum atomic E-state index is -0.733. The average molecular weight is 351 g/mol. The third-order valence-electron chi connectivity index (χ3n) is 3.96. The van der Waals surface area contributed by atoms with Crippen LogP contribution in [0.3, 0.4) is 0 Å². The lowest BCUT2D eigenvalue weighted by Crippen LogP contribution is -2.30. The van der Waals surface area contributed by atoms with Crippen LogP contribution < -0.4 is 5.32 Å². The van der Waals surface area contributed by atoms with E-state index in [0.29, 0.717) is 12.2 Å². The zero-order valence-corrected chi connectivity index (χ0v) is 14.5. The van der Waals surface area contributed by atoms with Crippen molar-refractivity contribution in [1.82, 2.24) is 15.4 Å². The van der Waals surface area contributed by atoms with Gasteiger partial charge in [0, 0.05) is 18.7 Å². The molecule has 1 N–H and O–H groups in total. The van der Waals surface area contributed by atoms with Gasteiger partial charge < -0.3 is 14.7 Å². The molecule has 0 aliphatic heterocycles. The Kier molecular flexibility index (Phi) is 7.06. The molecule has 2 rings (SSSR count). The largest absolute Gasteiger partial charge is 0.356 e. The van der Waals surface area contributed by atoms with Crippen LogP contribution >= 0.6 is 0 Å². The van der Waals surface area contributed by atoms with Gasteiger partial charge in [-0.05, 0) is 38.2 Å². The number of halogens is 2. The number of hydrogen-bond donors (Lipinski definition) is 1. The predicted octanol–water partition coefficient (Wildman–Crippen LogP) is 3.01. The molecule has 2 aromatic rings. The fraction of sp³-hybridized carbons (Fsp3) is 0.444. The molecule has 0 bridgehead atoms. The van der Waals surface area contributed by atoms with Gasteiger partial charge in [0.25, 0.3) is 0 Å². The molecule has 0 fully saturated rings. The van der Waals surface area contributed by atoms with Crippen LogP contribution in [-0.2, 0) is 11.2 Å². The number of rotatable bonds is 9. The first-order valence-corrected chi connectivity index (χ1v) is 8.43. The number of amides is 1. The van der Waals surface area contributed by atoms with Gasteiger partial charge in [-0.25, -0.2) is 8.78 Å². The molecular weight excluding hydrogens is 328 g/mol. The van der Waals surface area contributed by atoms with Crippen LogP contribution in [0.1, 0.15) is 26.0 Å². The first-order chi connectivity index (χ1) is 12.0. The van der Waals surface area contributed by atoms with E-state index < -0.39 is 11.6 Å². The lowest BCUT2D eigenvalue weighted by molar-refractivity contribution is -0.120. The van der Waals surface area contributed by atoms with E-state index in [1.807, 2.05) is 0 Å². The highest BCUT2D eigenvalue weighted by Crippen LogP contribution is 2.24. The zero-order chi connectivity index (χ0) is 18.2. The van der Waals surface area contributed by atoms with Gasteiger partial charge in [0.1, 0.15) is 11.6 Å². The van der Waals surface area contributed by atoms with E-state index in [1.54, 1.807) is 0 Å². The van der Waals surface area contributed by atoms with Crippen LogP contribution in [0.4, 0.5) is 8.78 Å². The van der Waals surface area contributed by atoms with Gasteiger partial charge in [0.15, 0.2) is 5.76 Å². The van der Waals surface area contributed by atoms with Crippen molar-refractivity contribution in [2.24, 2.45) is 0 Å². The van der Waals surface area contributed by atoms with E-state index in [1.165, 1.54) is 12.1 Å². The second-order valence-electron chi connectivity index (χ2n) is 5.71.